The second kappa shape index (κ2) is 30.2. The second-order valence-corrected chi connectivity index (χ2v) is 4.95. The fourth-order valence-electron chi connectivity index (χ4n) is 0.537. The Morgan fingerprint density at radius 2 is 1.50 bits per heavy atom. The van der Waals surface area contributed by atoms with Gasteiger partial charge in [0.1, 0.15) is 5.78 Å². The van der Waals surface area contributed by atoms with E-state index in [9.17, 15) is 4.79 Å². The molecule has 3 heteroatoms. The highest BCUT2D eigenvalue weighted by Crippen LogP contribution is 1.97. The molecule has 0 unspecified atom stereocenters. The van der Waals surface area contributed by atoms with Crippen LogP contribution >= 0.6 is 11.8 Å². The van der Waals surface area contributed by atoms with Gasteiger partial charge < -0.3 is 5.32 Å². The summed E-state index contributed by atoms with van der Waals surface area (Å²) >= 11 is 1.69. The standard InChI is InChI=1S/C7H15NOS.C4H10.2C2H6/c1-3-8-4-5-10-6-7(2)9;1-4(2)3;2*1-2/h8H,3-6H2,1-2H3;4H,1-3H3;2*1-2H3. The number of ketones is 1. The molecular weight excluding hydrogens is 242 g/mol. The number of carbonyl (C=O) groups is 1. The third-order valence-electron chi connectivity index (χ3n) is 0.979. The molecule has 0 radical (unpaired) electrons. The van der Waals surface area contributed by atoms with Crippen molar-refractivity contribution in [3.63, 3.8) is 0 Å². The summed E-state index contributed by atoms with van der Waals surface area (Å²) in [5.41, 5.74) is 0. The van der Waals surface area contributed by atoms with Gasteiger partial charge in [0.2, 0.25) is 0 Å². The van der Waals surface area contributed by atoms with Crippen molar-refractivity contribution < 1.29 is 4.79 Å². The molecule has 0 amide bonds. The van der Waals surface area contributed by atoms with Crippen molar-refractivity contribution in [2.75, 3.05) is 24.6 Å². The molecular formula is C15H37NOS. The van der Waals surface area contributed by atoms with Crippen molar-refractivity contribution >= 4 is 17.5 Å². The zero-order valence-electron chi connectivity index (χ0n) is 14.2. The van der Waals surface area contributed by atoms with Gasteiger partial charge in [-0.15, -0.1) is 0 Å². The Bertz CT molecular complexity index is 125. The molecule has 0 saturated heterocycles. The SMILES string of the molecule is CC.CC.CC(C)C.CCNCCSCC(C)=O. The van der Waals surface area contributed by atoms with Crippen molar-refractivity contribution in [2.45, 2.75) is 62.3 Å². The van der Waals surface area contributed by atoms with E-state index in [1.807, 2.05) is 27.7 Å². The van der Waals surface area contributed by atoms with Crippen molar-refractivity contribution in [3.8, 4) is 0 Å². The van der Waals surface area contributed by atoms with Gasteiger partial charge in [-0.25, -0.2) is 0 Å². The van der Waals surface area contributed by atoms with Gasteiger partial charge in [0.05, 0.1) is 5.75 Å². The monoisotopic (exact) mass is 279 g/mol. The van der Waals surface area contributed by atoms with Crippen LogP contribution in [0.25, 0.3) is 0 Å². The van der Waals surface area contributed by atoms with E-state index in [2.05, 4.69) is 33.0 Å². The van der Waals surface area contributed by atoms with E-state index in [0.717, 1.165) is 24.8 Å². The lowest BCUT2D eigenvalue weighted by atomic mass is 10.3. The van der Waals surface area contributed by atoms with E-state index < -0.39 is 0 Å². The first-order chi connectivity index (χ1) is 8.50. The molecule has 0 spiro atoms. The van der Waals surface area contributed by atoms with E-state index in [1.54, 1.807) is 18.7 Å². The summed E-state index contributed by atoms with van der Waals surface area (Å²) in [5.74, 6) is 2.79. The van der Waals surface area contributed by atoms with Crippen LogP contribution in [0.1, 0.15) is 62.3 Å². The van der Waals surface area contributed by atoms with Gasteiger partial charge in [-0.3, -0.25) is 4.79 Å². The van der Waals surface area contributed by atoms with Crippen molar-refractivity contribution in [1.82, 2.24) is 5.32 Å². The quantitative estimate of drug-likeness (QED) is 0.719. The Kier molecular flexibility index (Phi) is 44.5. The molecule has 0 atom stereocenters. The molecule has 0 aliphatic carbocycles. The summed E-state index contributed by atoms with van der Waals surface area (Å²) in [6.07, 6.45) is 0. The zero-order valence-corrected chi connectivity index (χ0v) is 15.0. The fourth-order valence-corrected chi connectivity index (χ4v) is 1.26. The summed E-state index contributed by atoms with van der Waals surface area (Å²) in [6.45, 7) is 20.2. The second-order valence-electron chi connectivity index (χ2n) is 3.84. The maximum absolute atomic E-state index is 10.4. The van der Waals surface area contributed by atoms with Crippen LogP contribution in [0.3, 0.4) is 0 Å². The number of carbonyl (C=O) groups excluding carboxylic acids is 1. The molecule has 0 aliphatic heterocycles. The van der Waals surface area contributed by atoms with E-state index in [1.165, 1.54) is 0 Å². The van der Waals surface area contributed by atoms with Crippen LogP contribution in [0.2, 0.25) is 0 Å². The van der Waals surface area contributed by atoms with Crippen molar-refractivity contribution in [2.24, 2.45) is 5.92 Å². The Balaban J connectivity index is -0.000000102. The van der Waals surface area contributed by atoms with Crippen LogP contribution in [-0.4, -0.2) is 30.4 Å². The smallest absolute Gasteiger partial charge is 0.139 e. The van der Waals surface area contributed by atoms with E-state index in [0.29, 0.717) is 5.75 Å². The van der Waals surface area contributed by atoms with Crippen LogP contribution in [0.15, 0.2) is 0 Å². The van der Waals surface area contributed by atoms with Gasteiger partial charge in [0.25, 0.3) is 0 Å². The molecule has 0 fully saturated rings. The minimum absolute atomic E-state index is 0.265. The Hall–Kier alpha value is -0.0200. The summed E-state index contributed by atoms with van der Waals surface area (Å²) in [5, 5.41) is 3.19. The summed E-state index contributed by atoms with van der Waals surface area (Å²) < 4.78 is 0. The Labute approximate surface area is 121 Å². The predicted molar refractivity (Wildman–Crippen MR) is 89.8 cm³/mol. The number of Topliss-reactive ketones (excluding diaryl/α,β-unsaturated/α-hetero) is 1. The molecule has 0 aromatic rings. The molecule has 0 bridgehead atoms. The first-order valence-electron chi connectivity index (χ1n) is 7.28. The molecule has 2 nitrogen and oxygen atoms in total. The van der Waals surface area contributed by atoms with Gasteiger partial charge >= 0.3 is 0 Å². The minimum atomic E-state index is 0.265. The first kappa shape index (κ1) is 26.5. The van der Waals surface area contributed by atoms with E-state index >= 15 is 0 Å². The molecule has 18 heavy (non-hydrogen) atoms. The largest absolute Gasteiger partial charge is 0.316 e. The van der Waals surface area contributed by atoms with Crippen LogP contribution in [0, 0.1) is 5.92 Å². The maximum atomic E-state index is 10.4. The van der Waals surface area contributed by atoms with Crippen LogP contribution in [0.5, 0.6) is 0 Å². The first-order valence-corrected chi connectivity index (χ1v) is 8.44. The van der Waals surface area contributed by atoms with Crippen molar-refractivity contribution in [1.29, 1.82) is 0 Å². The number of thioether (sulfide) groups is 1. The highest BCUT2D eigenvalue weighted by Gasteiger charge is 1.91. The highest BCUT2D eigenvalue weighted by atomic mass is 32.2. The van der Waals surface area contributed by atoms with Gasteiger partial charge in [0.15, 0.2) is 0 Å². The highest BCUT2D eigenvalue weighted by molar-refractivity contribution is 7.99. The normalized spacial score (nSPS) is 8.11. The summed E-state index contributed by atoms with van der Waals surface area (Å²) in [6, 6.07) is 0. The molecule has 114 valence electrons. The average molecular weight is 280 g/mol. The number of nitrogens with one attached hydrogen (secondary N) is 1. The van der Waals surface area contributed by atoms with Crippen LogP contribution in [0.4, 0.5) is 0 Å². The molecule has 1 N–H and O–H groups in total. The molecule has 0 heterocycles. The summed E-state index contributed by atoms with van der Waals surface area (Å²) in [4.78, 5) is 10.4. The van der Waals surface area contributed by atoms with E-state index in [4.69, 9.17) is 0 Å². The Morgan fingerprint density at radius 3 is 1.78 bits per heavy atom. The van der Waals surface area contributed by atoms with Crippen LogP contribution in [-0.2, 0) is 4.79 Å². The predicted octanol–water partition coefficient (Wildman–Crippen LogP) is 4.63. The third-order valence-corrected chi connectivity index (χ3v) is 2.08. The Morgan fingerprint density at radius 1 is 1.11 bits per heavy atom. The van der Waals surface area contributed by atoms with Crippen LogP contribution < -0.4 is 5.32 Å². The number of rotatable bonds is 6. The van der Waals surface area contributed by atoms with Gasteiger partial charge in [-0.05, 0) is 19.4 Å². The number of hydrogen-bond donors (Lipinski definition) is 1. The van der Waals surface area contributed by atoms with Crippen molar-refractivity contribution in [3.05, 3.63) is 0 Å². The van der Waals surface area contributed by atoms with Gasteiger partial charge in [-0.2, -0.15) is 11.8 Å². The molecule has 0 aromatic heterocycles. The molecule has 0 aromatic carbocycles. The molecule has 0 aliphatic rings. The lowest BCUT2D eigenvalue weighted by molar-refractivity contribution is -0.114. The molecule has 0 saturated carbocycles. The fraction of sp³-hybridized carbons (Fsp3) is 0.933. The third kappa shape index (κ3) is 73.6. The lowest BCUT2D eigenvalue weighted by Gasteiger charge is -1.98. The number of hydrogen-bond acceptors (Lipinski definition) is 3. The van der Waals surface area contributed by atoms with Gasteiger partial charge in [0, 0.05) is 12.3 Å². The lowest BCUT2D eigenvalue weighted by Crippen LogP contribution is -2.16. The topological polar surface area (TPSA) is 29.1 Å². The van der Waals surface area contributed by atoms with Gasteiger partial charge in [-0.1, -0.05) is 55.4 Å². The summed E-state index contributed by atoms with van der Waals surface area (Å²) in [7, 11) is 0. The average Bonchev–Trinajstić information content (AvgIpc) is 2.33. The minimum Gasteiger partial charge on any atom is -0.316 e. The molecule has 0 rings (SSSR count). The maximum Gasteiger partial charge on any atom is 0.139 e. The van der Waals surface area contributed by atoms with E-state index in [-0.39, 0.29) is 5.78 Å². The zero-order chi connectivity index (χ0) is 15.4.